The Bertz CT molecular complexity index is 382. The lowest BCUT2D eigenvalue weighted by atomic mass is 9.96. The molecule has 0 radical (unpaired) electrons. The molecular weight excluding hydrogens is 224 g/mol. The monoisotopic (exact) mass is 248 g/mol. The normalized spacial score (nSPS) is 39.7. The summed E-state index contributed by atoms with van der Waals surface area (Å²) in [5.74, 6) is 1.74. The van der Waals surface area contributed by atoms with E-state index in [9.17, 15) is 0 Å². The lowest BCUT2D eigenvalue weighted by Gasteiger charge is -2.29. The first-order valence-corrected chi connectivity index (χ1v) is 7.28. The van der Waals surface area contributed by atoms with Crippen LogP contribution in [-0.4, -0.2) is 31.0 Å². The third-order valence-corrected chi connectivity index (χ3v) is 4.77. The van der Waals surface area contributed by atoms with Crippen molar-refractivity contribution >= 4 is 6.21 Å². The molecule has 1 saturated heterocycles. The quantitative estimate of drug-likeness (QED) is 0.832. The highest BCUT2D eigenvalue weighted by atomic mass is 16.5. The summed E-state index contributed by atoms with van der Waals surface area (Å²) in [6, 6.07) is 0. The van der Waals surface area contributed by atoms with Gasteiger partial charge in [0.05, 0.1) is 6.10 Å². The van der Waals surface area contributed by atoms with E-state index in [2.05, 4.69) is 43.5 Å². The number of nitrogens with one attached hydrogen (secondary N) is 1. The van der Waals surface area contributed by atoms with Gasteiger partial charge in [0, 0.05) is 24.3 Å². The van der Waals surface area contributed by atoms with Crippen molar-refractivity contribution in [1.29, 1.82) is 0 Å². The van der Waals surface area contributed by atoms with Crippen molar-refractivity contribution in [3.8, 4) is 0 Å². The fourth-order valence-corrected chi connectivity index (χ4v) is 3.54. The molecule has 1 aliphatic carbocycles. The number of hydrogen-bond acceptors (Lipinski definition) is 3. The summed E-state index contributed by atoms with van der Waals surface area (Å²) >= 11 is 0. The van der Waals surface area contributed by atoms with E-state index in [4.69, 9.17) is 4.74 Å². The molecule has 0 amide bonds. The first kappa shape index (κ1) is 12.4. The van der Waals surface area contributed by atoms with Crippen LogP contribution in [0.1, 0.15) is 33.6 Å². The van der Waals surface area contributed by atoms with Gasteiger partial charge in [0.2, 0.25) is 0 Å². The van der Waals surface area contributed by atoms with Crippen molar-refractivity contribution in [2.75, 3.05) is 13.1 Å². The average Bonchev–Trinajstić information content (AvgIpc) is 2.95. The topological polar surface area (TPSA) is 33.6 Å². The molecule has 3 aliphatic rings. The highest BCUT2D eigenvalue weighted by molar-refractivity contribution is 5.79. The Hall–Kier alpha value is -0.670. The van der Waals surface area contributed by atoms with Gasteiger partial charge in [-0.25, -0.2) is 0 Å². The SMILES string of the molecule is CC(C)C1=CN=CC2(OC3CCNCC3)C(C)C12. The second-order valence-electron chi connectivity index (χ2n) is 6.25. The van der Waals surface area contributed by atoms with Crippen LogP contribution in [-0.2, 0) is 4.74 Å². The average molecular weight is 248 g/mol. The number of nitrogens with zero attached hydrogens (tertiary/aromatic N) is 1. The van der Waals surface area contributed by atoms with E-state index in [1.165, 1.54) is 5.57 Å². The van der Waals surface area contributed by atoms with Crippen LogP contribution in [0, 0.1) is 17.8 Å². The van der Waals surface area contributed by atoms with E-state index in [-0.39, 0.29) is 5.60 Å². The Morgan fingerprint density at radius 1 is 1.39 bits per heavy atom. The zero-order valence-corrected chi connectivity index (χ0v) is 11.6. The third-order valence-electron chi connectivity index (χ3n) is 4.77. The van der Waals surface area contributed by atoms with Crippen molar-refractivity contribution in [3.05, 3.63) is 11.8 Å². The van der Waals surface area contributed by atoms with Crippen molar-refractivity contribution in [2.24, 2.45) is 22.7 Å². The molecule has 2 fully saturated rings. The second-order valence-corrected chi connectivity index (χ2v) is 6.25. The van der Waals surface area contributed by atoms with Crippen LogP contribution in [0.2, 0.25) is 0 Å². The molecule has 3 unspecified atom stereocenters. The van der Waals surface area contributed by atoms with E-state index < -0.39 is 0 Å². The summed E-state index contributed by atoms with van der Waals surface area (Å²) in [6.45, 7) is 8.99. The smallest absolute Gasteiger partial charge is 0.114 e. The number of aliphatic imine (C=N–C) groups is 1. The Balaban J connectivity index is 1.73. The van der Waals surface area contributed by atoms with Crippen molar-refractivity contribution < 1.29 is 4.74 Å². The molecule has 0 aromatic rings. The standard InChI is InChI=1S/C15H24N2O/c1-10(2)13-8-17-9-15(11(3)14(13)15)18-12-4-6-16-7-5-12/h8-12,14,16H,4-7H2,1-3H3. The number of fused-ring (bicyclic) bond motifs is 1. The van der Waals surface area contributed by atoms with Crippen LogP contribution in [0.25, 0.3) is 0 Å². The van der Waals surface area contributed by atoms with Crippen molar-refractivity contribution in [3.63, 3.8) is 0 Å². The first-order valence-electron chi connectivity index (χ1n) is 7.28. The Labute approximate surface area is 110 Å². The molecule has 0 spiro atoms. The zero-order valence-electron chi connectivity index (χ0n) is 11.6. The highest BCUT2D eigenvalue weighted by Gasteiger charge is 2.65. The summed E-state index contributed by atoms with van der Waals surface area (Å²) in [5, 5.41) is 3.39. The third kappa shape index (κ3) is 1.84. The van der Waals surface area contributed by atoms with Gasteiger partial charge in [0.1, 0.15) is 5.60 Å². The predicted octanol–water partition coefficient (Wildman–Crippen LogP) is 2.38. The van der Waals surface area contributed by atoms with Gasteiger partial charge in [-0.3, -0.25) is 4.99 Å². The summed E-state index contributed by atoms with van der Waals surface area (Å²) in [6.07, 6.45) is 6.81. The van der Waals surface area contributed by atoms with Gasteiger partial charge < -0.3 is 10.1 Å². The van der Waals surface area contributed by atoms with Gasteiger partial charge in [-0.15, -0.1) is 0 Å². The van der Waals surface area contributed by atoms with E-state index in [0.717, 1.165) is 25.9 Å². The summed E-state index contributed by atoms with van der Waals surface area (Å²) in [5.41, 5.74) is 1.40. The maximum absolute atomic E-state index is 6.46. The van der Waals surface area contributed by atoms with Gasteiger partial charge in [-0.1, -0.05) is 20.8 Å². The van der Waals surface area contributed by atoms with Crippen LogP contribution in [0.5, 0.6) is 0 Å². The van der Waals surface area contributed by atoms with Crippen LogP contribution in [0.15, 0.2) is 16.8 Å². The summed E-state index contributed by atoms with van der Waals surface area (Å²) in [7, 11) is 0. The van der Waals surface area contributed by atoms with Gasteiger partial charge in [0.15, 0.2) is 0 Å². The lowest BCUT2D eigenvalue weighted by molar-refractivity contribution is -0.0179. The van der Waals surface area contributed by atoms with Crippen molar-refractivity contribution in [1.82, 2.24) is 5.32 Å². The summed E-state index contributed by atoms with van der Waals surface area (Å²) in [4.78, 5) is 4.46. The van der Waals surface area contributed by atoms with Gasteiger partial charge >= 0.3 is 0 Å². The Morgan fingerprint density at radius 3 is 2.78 bits per heavy atom. The Kier molecular flexibility index (Phi) is 3.07. The van der Waals surface area contributed by atoms with E-state index in [1.807, 2.05) is 0 Å². The fraction of sp³-hybridized carbons (Fsp3) is 0.800. The molecule has 1 saturated carbocycles. The molecule has 1 N–H and O–H groups in total. The maximum atomic E-state index is 6.46. The highest BCUT2D eigenvalue weighted by Crippen LogP contribution is 2.59. The van der Waals surface area contributed by atoms with Gasteiger partial charge in [-0.05, 0) is 37.4 Å². The lowest BCUT2D eigenvalue weighted by Crippen LogP contribution is -2.37. The van der Waals surface area contributed by atoms with Crippen molar-refractivity contribution in [2.45, 2.75) is 45.3 Å². The number of rotatable bonds is 3. The van der Waals surface area contributed by atoms with Gasteiger partial charge in [-0.2, -0.15) is 0 Å². The van der Waals surface area contributed by atoms with Crippen LogP contribution < -0.4 is 5.32 Å². The molecule has 0 bridgehead atoms. The number of ether oxygens (including phenoxy) is 1. The molecule has 2 aliphatic heterocycles. The number of hydrogen-bond donors (Lipinski definition) is 1. The van der Waals surface area contributed by atoms with E-state index in [1.54, 1.807) is 0 Å². The molecule has 18 heavy (non-hydrogen) atoms. The van der Waals surface area contributed by atoms with Gasteiger partial charge in [0.25, 0.3) is 0 Å². The minimum atomic E-state index is -0.0731. The zero-order chi connectivity index (χ0) is 12.8. The largest absolute Gasteiger partial charge is 0.365 e. The van der Waals surface area contributed by atoms with Crippen LogP contribution >= 0.6 is 0 Å². The molecule has 3 nitrogen and oxygen atoms in total. The molecule has 0 aromatic carbocycles. The second kappa shape index (κ2) is 4.46. The summed E-state index contributed by atoms with van der Waals surface area (Å²) < 4.78 is 6.46. The molecule has 3 heteroatoms. The van der Waals surface area contributed by atoms with Crippen LogP contribution in [0.4, 0.5) is 0 Å². The first-order chi connectivity index (χ1) is 8.65. The molecule has 3 atom stereocenters. The fourth-order valence-electron chi connectivity index (χ4n) is 3.54. The Morgan fingerprint density at radius 2 is 2.11 bits per heavy atom. The molecule has 0 aromatic heterocycles. The minimum absolute atomic E-state index is 0.0731. The minimum Gasteiger partial charge on any atom is -0.365 e. The molecule has 2 heterocycles. The molecule has 100 valence electrons. The molecule has 3 rings (SSSR count). The molecular formula is C15H24N2O. The van der Waals surface area contributed by atoms with E-state index >= 15 is 0 Å². The maximum Gasteiger partial charge on any atom is 0.114 e. The van der Waals surface area contributed by atoms with Crippen LogP contribution in [0.3, 0.4) is 0 Å². The predicted molar refractivity (Wildman–Crippen MR) is 73.8 cm³/mol. The number of piperidine rings is 1. The van der Waals surface area contributed by atoms with E-state index in [0.29, 0.717) is 23.9 Å².